The predicted octanol–water partition coefficient (Wildman–Crippen LogP) is 3.23. The van der Waals surface area contributed by atoms with Crippen LogP contribution in [0.25, 0.3) is 11.3 Å². The van der Waals surface area contributed by atoms with Gasteiger partial charge in [-0.2, -0.15) is 19.7 Å². The minimum atomic E-state index is -2.79. The molecule has 3 rings (SSSR count). The standard InChI is InChI=1S/C17H19F3N8/c1-5-28-10(3)12(8-22-28)13-6-14(15(18)19)24-17(23-13)25-21-7-11-9(2)26-27(4)16(11)20/h6-8,15H,5H2,1-4H3,(H,23,24,25)/b21-7-. The predicted molar refractivity (Wildman–Crippen MR) is 97.7 cm³/mol. The van der Waals surface area contributed by atoms with E-state index in [2.05, 4.69) is 30.7 Å². The van der Waals surface area contributed by atoms with Crippen LogP contribution in [0.2, 0.25) is 0 Å². The summed E-state index contributed by atoms with van der Waals surface area (Å²) in [6.45, 7) is 6.03. The zero-order valence-electron chi connectivity index (χ0n) is 15.8. The Labute approximate surface area is 159 Å². The van der Waals surface area contributed by atoms with E-state index in [4.69, 9.17) is 0 Å². The van der Waals surface area contributed by atoms with Crippen LogP contribution in [-0.4, -0.2) is 35.7 Å². The van der Waals surface area contributed by atoms with Gasteiger partial charge in [-0.3, -0.25) is 4.68 Å². The number of hydrogen-bond acceptors (Lipinski definition) is 6. The second kappa shape index (κ2) is 7.79. The number of nitrogens with zero attached hydrogens (tertiary/aromatic N) is 7. The number of nitrogens with one attached hydrogen (secondary N) is 1. The molecule has 0 atom stereocenters. The third kappa shape index (κ3) is 3.73. The maximum absolute atomic E-state index is 13.9. The molecule has 3 aromatic heterocycles. The first-order chi connectivity index (χ1) is 13.3. The molecule has 11 heteroatoms. The molecule has 1 N–H and O–H groups in total. The third-order valence-corrected chi connectivity index (χ3v) is 4.20. The Balaban J connectivity index is 1.93. The van der Waals surface area contributed by atoms with Crippen LogP contribution in [-0.2, 0) is 13.6 Å². The van der Waals surface area contributed by atoms with Crippen LogP contribution in [0, 0.1) is 19.8 Å². The van der Waals surface area contributed by atoms with E-state index in [0.29, 0.717) is 23.5 Å². The highest BCUT2D eigenvalue weighted by atomic mass is 19.3. The second-order valence-electron chi connectivity index (χ2n) is 6.05. The van der Waals surface area contributed by atoms with Crippen LogP contribution in [0.15, 0.2) is 17.4 Å². The van der Waals surface area contributed by atoms with Crippen LogP contribution in [0.3, 0.4) is 0 Å². The third-order valence-electron chi connectivity index (χ3n) is 4.20. The van der Waals surface area contributed by atoms with Crippen LogP contribution >= 0.6 is 0 Å². The molecule has 8 nitrogen and oxygen atoms in total. The summed E-state index contributed by atoms with van der Waals surface area (Å²) >= 11 is 0. The van der Waals surface area contributed by atoms with Crippen molar-refractivity contribution in [2.24, 2.45) is 12.1 Å². The summed E-state index contributed by atoms with van der Waals surface area (Å²) in [5.74, 6) is -0.691. The van der Waals surface area contributed by atoms with Gasteiger partial charge in [0.2, 0.25) is 11.9 Å². The van der Waals surface area contributed by atoms with Crippen LogP contribution < -0.4 is 5.43 Å². The number of aryl methyl sites for hydroxylation is 3. The molecule has 0 bridgehead atoms. The van der Waals surface area contributed by atoms with E-state index in [1.807, 2.05) is 13.8 Å². The first-order valence-electron chi connectivity index (χ1n) is 8.49. The van der Waals surface area contributed by atoms with Crippen molar-refractivity contribution >= 4 is 12.2 Å². The van der Waals surface area contributed by atoms with Crippen LogP contribution in [0.5, 0.6) is 0 Å². The van der Waals surface area contributed by atoms with Gasteiger partial charge in [-0.05, 0) is 26.8 Å². The van der Waals surface area contributed by atoms with E-state index in [1.54, 1.807) is 17.8 Å². The maximum atomic E-state index is 13.9. The van der Waals surface area contributed by atoms with E-state index in [-0.39, 0.29) is 11.5 Å². The van der Waals surface area contributed by atoms with Gasteiger partial charge in [0.15, 0.2) is 0 Å². The van der Waals surface area contributed by atoms with Crippen molar-refractivity contribution in [2.45, 2.75) is 33.7 Å². The number of hydrazone groups is 1. The number of halogens is 3. The molecule has 148 valence electrons. The SMILES string of the molecule is CCn1ncc(-c2cc(C(F)F)nc(N/N=C\c3c(C)nn(C)c3F)n2)c1C. The van der Waals surface area contributed by atoms with Gasteiger partial charge in [0.05, 0.1) is 29.4 Å². The van der Waals surface area contributed by atoms with Crippen molar-refractivity contribution < 1.29 is 13.2 Å². The fraction of sp³-hybridized carbons (Fsp3) is 0.353. The van der Waals surface area contributed by atoms with Gasteiger partial charge in [0.25, 0.3) is 6.43 Å². The topological polar surface area (TPSA) is 85.8 Å². The molecule has 0 aromatic carbocycles. The van der Waals surface area contributed by atoms with Crippen molar-refractivity contribution in [1.29, 1.82) is 0 Å². The molecular formula is C17H19F3N8. The van der Waals surface area contributed by atoms with Gasteiger partial charge in [0.1, 0.15) is 5.69 Å². The Bertz CT molecular complexity index is 1020. The fourth-order valence-electron chi connectivity index (χ4n) is 2.73. The van der Waals surface area contributed by atoms with Gasteiger partial charge in [-0.25, -0.2) is 28.9 Å². The Morgan fingerprint density at radius 3 is 2.61 bits per heavy atom. The van der Waals surface area contributed by atoms with Crippen LogP contribution in [0.1, 0.15) is 36.0 Å². The Morgan fingerprint density at radius 1 is 1.29 bits per heavy atom. The van der Waals surface area contributed by atoms with Crippen molar-refractivity contribution in [1.82, 2.24) is 29.5 Å². The van der Waals surface area contributed by atoms with E-state index in [0.717, 1.165) is 10.4 Å². The van der Waals surface area contributed by atoms with E-state index in [1.165, 1.54) is 19.3 Å². The number of alkyl halides is 2. The minimum Gasteiger partial charge on any atom is -0.269 e. The number of rotatable bonds is 6. The lowest BCUT2D eigenvalue weighted by Gasteiger charge is -2.07. The Morgan fingerprint density at radius 2 is 2.04 bits per heavy atom. The highest BCUT2D eigenvalue weighted by molar-refractivity contribution is 5.81. The lowest BCUT2D eigenvalue weighted by Crippen LogP contribution is -2.04. The summed E-state index contributed by atoms with van der Waals surface area (Å²) in [4.78, 5) is 8.01. The minimum absolute atomic E-state index is 0.130. The normalized spacial score (nSPS) is 11.7. The molecule has 28 heavy (non-hydrogen) atoms. The molecule has 0 fully saturated rings. The summed E-state index contributed by atoms with van der Waals surface area (Å²) in [6.07, 6.45) is -0.0145. The highest BCUT2D eigenvalue weighted by Crippen LogP contribution is 2.26. The van der Waals surface area contributed by atoms with E-state index >= 15 is 0 Å². The van der Waals surface area contributed by atoms with Crippen molar-refractivity contribution in [3.05, 3.63) is 40.9 Å². The fourth-order valence-corrected chi connectivity index (χ4v) is 2.73. The molecular weight excluding hydrogens is 373 g/mol. The van der Waals surface area contributed by atoms with Crippen molar-refractivity contribution in [3.8, 4) is 11.3 Å². The molecule has 3 heterocycles. The maximum Gasteiger partial charge on any atom is 0.280 e. The summed E-state index contributed by atoms with van der Waals surface area (Å²) in [7, 11) is 1.47. The van der Waals surface area contributed by atoms with Gasteiger partial charge in [0, 0.05) is 24.8 Å². The van der Waals surface area contributed by atoms with Crippen molar-refractivity contribution in [2.75, 3.05) is 5.43 Å². The van der Waals surface area contributed by atoms with Crippen molar-refractivity contribution in [3.63, 3.8) is 0 Å². The lowest BCUT2D eigenvalue weighted by atomic mass is 10.1. The lowest BCUT2D eigenvalue weighted by molar-refractivity contribution is 0.146. The van der Waals surface area contributed by atoms with E-state index < -0.39 is 18.1 Å². The van der Waals surface area contributed by atoms with Gasteiger partial charge in [-0.1, -0.05) is 0 Å². The molecule has 0 spiro atoms. The Hall–Kier alpha value is -3.24. The number of aromatic nitrogens is 6. The molecule has 0 aliphatic heterocycles. The van der Waals surface area contributed by atoms with Crippen LogP contribution in [0.4, 0.5) is 19.1 Å². The molecule has 0 aliphatic rings. The molecule has 3 aromatic rings. The van der Waals surface area contributed by atoms with Gasteiger partial charge < -0.3 is 0 Å². The number of anilines is 1. The highest BCUT2D eigenvalue weighted by Gasteiger charge is 2.17. The largest absolute Gasteiger partial charge is 0.280 e. The molecule has 0 aliphatic carbocycles. The molecule has 0 saturated carbocycles. The molecule has 0 unspecified atom stereocenters. The molecule has 0 amide bonds. The average Bonchev–Trinajstić information content (AvgIpc) is 3.15. The first kappa shape index (κ1) is 19.5. The van der Waals surface area contributed by atoms with Gasteiger partial charge in [-0.15, -0.1) is 0 Å². The monoisotopic (exact) mass is 392 g/mol. The second-order valence-corrected chi connectivity index (χ2v) is 6.05. The Kier molecular flexibility index (Phi) is 5.43. The summed E-state index contributed by atoms with van der Waals surface area (Å²) in [6, 6.07) is 1.22. The quantitative estimate of drug-likeness (QED) is 0.514. The zero-order valence-corrected chi connectivity index (χ0v) is 15.8. The first-order valence-corrected chi connectivity index (χ1v) is 8.49. The van der Waals surface area contributed by atoms with E-state index in [9.17, 15) is 13.2 Å². The summed E-state index contributed by atoms with van der Waals surface area (Å²) in [5.41, 5.74) is 4.37. The summed E-state index contributed by atoms with van der Waals surface area (Å²) < 4.78 is 43.3. The van der Waals surface area contributed by atoms with Gasteiger partial charge >= 0.3 is 0 Å². The molecule has 0 radical (unpaired) electrons. The summed E-state index contributed by atoms with van der Waals surface area (Å²) in [5, 5.41) is 12.0. The average molecular weight is 392 g/mol. The number of hydrogen-bond donors (Lipinski definition) is 1. The smallest absolute Gasteiger partial charge is 0.269 e. The molecule has 0 saturated heterocycles. The zero-order chi connectivity index (χ0) is 20.4.